The van der Waals surface area contributed by atoms with Gasteiger partial charge in [0.1, 0.15) is 5.82 Å². The number of hydrogen-bond donors (Lipinski definition) is 0. The molecule has 2 aliphatic carbocycles. The van der Waals surface area contributed by atoms with Crippen molar-refractivity contribution >= 4 is 5.57 Å². The molecular weight excluding hydrogens is 577 g/mol. The number of allylic oxidation sites excluding steroid dienone is 4. The van der Waals surface area contributed by atoms with Crippen LogP contribution in [0.2, 0.25) is 0 Å². The van der Waals surface area contributed by atoms with Gasteiger partial charge in [-0.15, -0.1) is 0 Å². The van der Waals surface area contributed by atoms with E-state index in [0.717, 1.165) is 61.8 Å². The van der Waals surface area contributed by atoms with Crippen LogP contribution in [-0.2, 0) is 0 Å². The molecule has 0 aliphatic heterocycles. The molecule has 0 heterocycles. The highest BCUT2D eigenvalue weighted by Crippen LogP contribution is 2.42. The monoisotopic (exact) mass is 628 g/mol. The first-order valence-electron chi connectivity index (χ1n) is 17.8. The van der Waals surface area contributed by atoms with Crippen LogP contribution in [0.1, 0.15) is 109 Å². The number of halogens is 3. The fraction of sp³-hybridized carbons (Fsp3) is 0.476. The first-order chi connectivity index (χ1) is 22.5. The molecule has 3 aromatic carbocycles. The molecule has 1 nitrogen and oxygen atoms in total. The van der Waals surface area contributed by atoms with Gasteiger partial charge in [-0.3, -0.25) is 0 Å². The fourth-order valence-electron chi connectivity index (χ4n) is 7.52. The summed E-state index contributed by atoms with van der Waals surface area (Å²) in [6.07, 6.45) is 23.4. The summed E-state index contributed by atoms with van der Waals surface area (Å²) >= 11 is 0. The maximum absolute atomic E-state index is 15.4. The van der Waals surface area contributed by atoms with Crippen LogP contribution >= 0.6 is 0 Å². The Morgan fingerprint density at radius 1 is 0.739 bits per heavy atom. The van der Waals surface area contributed by atoms with Gasteiger partial charge >= 0.3 is 0 Å². The molecule has 4 heteroatoms. The molecule has 0 bridgehead atoms. The van der Waals surface area contributed by atoms with E-state index >= 15 is 8.78 Å². The lowest BCUT2D eigenvalue weighted by atomic mass is 9.70. The summed E-state index contributed by atoms with van der Waals surface area (Å²) in [5, 5.41) is 0. The first kappa shape index (κ1) is 34.1. The number of hydrogen-bond acceptors (Lipinski definition) is 1. The first-order valence-corrected chi connectivity index (χ1v) is 17.8. The van der Waals surface area contributed by atoms with E-state index in [4.69, 9.17) is 4.74 Å². The maximum Gasteiger partial charge on any atom is 0.201 e. The zero-order valence-electron chi connectivity index (χ0n) is 27.8. The summed E-state index contributed by atoms with van der Waals surface area (Å²) in [6.45, 7) is 4.63. The Morgan fingerprint density at radius 2 is 1.43 bits per heavy atom. The number of rotatable bonds is 14. The van der Waals surface area contributed by atoms with Crippen molar-refractivity contribution in [3.63, 3.8) is 0 Å². The van der Waals surface area contributed by atoms with Gasteiger partial charge in [0.05, 0.1) is 6.61 Å². The number of benzene rings is 3. The van der Waals surface area contributed by atoms with Gasteiger partial charge in [0, 0.05) is 11.1 Å². The molecule has 0 N–H and O–H groups in total. The minimum absolute atomic E-state index is 0.0579. The molecule has 1 atom stereocenters. The Hall–Kier alpha value is -3.27. The third-order valence-corrected chi connectivity index (χ3v) is 10.4. The molecule has 1 fully saturated rings. The highest BCUT2D eigenvalue weighted by Gasteiger charge is 2.28. The van der Waals surface area contributed by atoms with E-state index in [1.54, 1.807) is 36.4 Å². The lowest BCUT2D eigenvalue weighted by Crippen LogP contribution is -2.23. The highest BCUT2D eigenvalue weighted by molar-refractivity contribution is 5.74. The zero-order valence-corrected chi connectivity index (χ0v) is 27.8. The maximum atomic E-state index is 15.4. The second-order valence-electron chi connectivity index (χ2n) is 13.5. The van der Waals surface area contributed by atoms with E-state index < -0.39 is 11.6 Å². The van der Waals surface area contributed by atoms with Gasteiger partial charge < -0.3 is 4.74 Å². The van der Waals surface area contributed by atoms with Crippen LogP contribution in [0.3, 0.4) is 0 Å². The van der Waals surface area contributed by atoms with E-state index in [9.17, 15) is 4.39 Å². The smallest absolute Gasteiger partial charge is 0.201 e. The Balaban J connectivity index is 1.17. The van der Waals surface area contributed by atoms with Crippen LogP contribution in [0.4, 0.5) is 13.2 Å². The van der Waals surface area contributed by atoms with Gasteiger partial charge in [-0.1, -0.05) is 100 Å². The van der Waals surface area contributed by atoms with Gasteiger partial charge in [0.15, 0.2) is 11.6 Å². The highest BCUT2D eigenvalue weighted by atomic mass is 19.2. The SMILES string of the molecule is C/C=C/CCC1CCC(C2CC=C(c3ccc(-c4ccc(-c5ccc(OCCCCCCC)c(F)c5F)cc4)c(F)c3)CC2)CC1. The van der Waals surface area contributed by atoms with Crippen LogP contribution in [0.25, 0.3) is 27.8 Å². The van der Waals surface area contributed by atoms with E-state index in [0.29, 0.717) is 23.3 Å². The predicted octanol–water partition coefficient (Wildman–Crippen LogP) is 13.1. The van der Waals surface area contributed by atoms with Gasteiger partial charge in [0.25, 0.3) is 0 Å². The third-order valence-electron chi connectivity index (χ3n) is 10.4. The molecule has 0 saturated heterocycles. The largest absolute Gasteiger partial charge is 0.490 e. The van der Waals surface area contributed by atoms with Crippen molar-refractivity contribution in [1.29, 1.82) is 0 Å². The summed E-state index contributed by atoms with van der Waals surface area (Å²) in [4.78, 5) is 0. The third kappa shape index (κ3) is 8.75. The number of ether oxygens (including phenoxy) is 1. The van der Waals surface area contributed by atoms with Gasteiger partial charge in [-0.05, 0) is 117 Å². The second-order valence-corrected chi connectivity index (χ2v) is 13.5. The van der Waals surface area contributed by atoms with Crippen molar-refractivity contribution in [2.24, 2.45) is 17.8 Å². The standard InChI is InChI=1S/C42H51F3O/c1-3-5-7-8-10-28-46-40-27-26-38(41(44)42(40)45)35-22-20-34(21-23-35)37-25-24-36(29-39(37)43)33-18-16-32(17-19-33)31-14-12-30(13-15-31)11-9-6-4-2/h4,6,18,20-27,29-32H,3,5,7-17,19,28H2,1-2H3/b6-4+. The lowest BCUT2D eigenvalue weighted by Gasteiger charge is -2.35. The topological polar surface area (TPSA) is 9.23 Å². The normalized spacial score (nSPS) is 20.2. The van der Waals surface area contributed by atoms with Crippen molar-refractivity contribution in [1.82, 2.24) is 0 Å². The minimum atomic E-state index is -0.969. The molecule has 246 valence electrons. The summed E-state index contributed by atoms with van der Waals surface area (Å²) < 4.78 is 50.7. The molecule has 5 rings (SSSR count). The molecule has 1 saturated carbocycles. The summed E-state index contributed by atoms with van der Waals surface area (Å²) in [5.74, 6) is 0.260. The van der Waals surface area contributed by atoms with E-state index in [-0.39, 0.29) is 17.1 Å². The quantitative estimate of drug-likeness (QED) is 0.127. The molecule has 0 spiro atoms. The summed E-state index contributed by atoms with van der Waals surface area (Å²) in [5.41, 5.74) is 4.12. The van der Waals surface area contributed by atoms with Crippen LogP contribution < -0.4 is 4.74 Å². The molecule has 46 heavy (non-hydrogen) atoms. The minimum Gasteiger partial charge on any atom is -0.490 e. The van der Waals surface area contributed by atoms with Crippen molar-refractivity contribution in [2.75, 3.05) is 6.61 Å². The van der Waals surface area contributed by atoms with Crippen molar-refractivity contribution in [3.05, 3.63) is 95.8 Å². The second kappa shape index (κ2) is 17.0. The molecule has 3 aromatic rings. The lowest BCUT2D eigenvalue weighted by molar-refractivity contribution is 0.190. The molecule has 0 aromatic heterocycles. The van der Waals surface area contributed by atoms with Gasteiger partial charge in [-0.2, -0.15) is 4.39 Å². The van der Waals surface area contributed by atoms with Crippen molar-refractivity contribution < 1.29 is 17.9 Å². The van der Waals surface area contributed by atoms with Crippen LogP contribution in [0, 0.1) is 35.2 Å². The summed E-state index contributed by atoms with van der Waals surface area (Å²) in [6, 6.07) is 15.5. The van der Waals surface area contributed by atoms with Crippen molar-refractivity contribution in [2.45, 2.75) is 104 Å². The summed E-state index contributed by atoms with van der Waals surface area (Å²) in [7, 11) is 0. The predicted molar refractivity (Wildman–Crippen MR) is 186 cm³/mol. The van der Waals surface area contributed by atoms with Crippen molar-refractivity contribution in [3.8, 4) is 28.0 Å². The van der Waals surface area contributed by atoms with E-state index in [1.165, 1.54) is 63.0 Å². The average Bonchev–Trinajstić information content (AvgIpc) is 3.09. The Labute approximate surface area is 275 Å². The molecular formula is C42H51F3O. The molecule has 2 aliphatic rings. The molecule has 0 radical (unpaired) electrons. The zero-order chi connectivity index (χ0) is 32.3. The average molecular weight is 629 g/mol. The van der Waals surface area contributed by atoms with Crippen LogP contribution in [0.15, 0.2) is 72.8 Å². The Kier molecular flexibility index (Phi) is 12.6. The van der Waals surface area contributed by atoms with Crippen LogP contribution in [-0.4, -0.2) is 6.61 Å². The van der Waals surface area contributed by atoms with Gasteiger partial charge in [-0.25, -0.2) is 8.78 Å². The van der Waals surface area contributed by atoms with E-state index in [2.05, 4.69) is 32.1 Å². The van der Waals surface area contributed by atoms with Crippen LogP contribution in [0.5, 0.6) is 5.75 Å². The Bertz CT molecular complexity index is 1460. The van der Waals surface area contributed by atoms with E-state index in [1.807, 2.05) is 12.1 Å². The van der Waals surface area contributed by atoms with Gasteiger partial charge in [0.2, 0.25) is 5.82 Å². The molecule has 0 amide bonds. The fourth-order valence-corrected chi connectivity index (χ4v) is 7.52. The number of unbranched alkanes of at least 4 members (excludes halogenated alkanes) is 4. The Morgan fingerprint density at radius 3 is 2.11 bits per heavy atom. The molecule has 1 unspecified atom stereocenters.